The van der Waals surface area contributed by atoms with Crippen LogP contribution >= 0.6 is 0 Å². The molecule has 102 valence electrons. The molecule has 0 spiro atoms. The molecule has 0 bridgehead atoms. The number of carbonyl (C=O) groups is 1. The second-order valence-corrected chi connectivity index (χ2v) is 4.93. The van der Waals surface area contributed by atoms with Crippen molar-refractivity contribution in [3.05, 3.63) is 42.0 Å². The summed E-state index contributed by atoms with van der Waals surface area (Å²) in [5.41, 5.74) is 1.21. The normalized spacial score (nSPS) is 18.1. The van der Waals surface area contributed by atoms with E-state index in [4.69, 9.17) is 4.74 Å². The second-order valence-electron chi connectivity index (χ2n) is 4.93. The standard InChI is InChI=1S/C16H21NO2/c1-13-7-9-15(10-8-13)19-12-11-17-16(18)14-5-3-2-4-6-14/h2-3,7-10,14H,4-6,11-12H2,1H3,(H,17,18). The first-order chi connectivity index (χ1) is 9.25. The zero-order valence-electron chi connectivity index (χ0n) is 11.4. The molecule has 0 heterocycles. The third-order valence-corrected chi connectivity index (χ3v) is 3.33. The summed E-state index contributed by atoms with van der Waals surface area (Å²) in [6.07, 6.45) is 7.07. The molecule has 1 atom stereocenters. The Kier molecular flexibility index (Phi) is 5.01. The Morgan fingerprint density at radius 1 is 1.32 bits per heavy atom. The van der Waals surface area contributed by atoms with Crippen LogP contribution in [0.4, 0.5) is 0 Å². The first-order valence-electron chi connectivity index (χ1n) is 6.88. The number of rotatable bonds is 5. The quantitative estimate of drug-likeness (QED) is 0.652. The Morgan fingerprint density at radius 3 is 2.79 bits per heavy atom. The van der Waals surface area contributed by atoms with E-state index >= 15 is 0 Å². The van der Waals surface area contributed by atoms with Crippen molar-refractivity contribution < 1.29 is 9.53 Å². The van der Waals surface area contributed by atoms with Gasteiger partial charge in [-0.25, -0.2) is 0 Å². The summed E-state index contributed by atoms with van der Waals surface area (Å²) in [6.45, 7) is 3.12. The molecule has 0 fully saturated rings. The summed E-state index contributed by atoms with van der Waals surface area (Å²) in [5.74, 6) is 1.14. The topological polar surface area (TPSA) is 38.3 Å². The fraction of sp³-hybridized carbons (Fsp3) is 0.438. The van der Waals surface area contributed by atoms with E-state index in [1.807, 2.05) is 31.2 Å². The Hall–Kier alpha value is -1.77. The minimum absolute atomic E-state index is 0.143. The van der Waals surface area contributed by atoms with Gasteiger partial charge in [0, 0.05) is 5.92 Å². The van der Waals surface area contributed by atoms with Crippen LogP contribution in [-0.2, 0) is 4.79 Å². The van der Waals surface area contributed by atoms with Gasteiger partial charge < -0.3 is 10.1 Å². The number of hydrogen-bond acceptors (Lipinski definition) is 2. The number of amides is 1. The van der Waals surface area contributed by atoms with Gasteiger partial charge in [0.2, 0.25) is 5.91 Å². The lowest BCUT2D eigenvalue weighted by atomic mass is 9.94. The van der Waals surface area contributed by atoms with E-state index in [0.717, 1.165) is 25.0 Å². The molecule has 0 aliphatic heterocycles. The zero-order valence-corrected chi connectivity index (χ0v) is 11.4. The van der Waals surface area contributed by atoms with Crippen molar-refractivity contribution in [2.45, 2.75) is 26.2 Å². The van der Waals surface area contributed by atoms with E-state index in [1.165, 1.54) is 5.56 Å². The molecule has 0 radical (unpaired) electrons. The van der Waals surface area contributed by atoms with E-state index < -0.39 is 0 Å². The van der Waals surface area contributed by atoms with Crippen molar-refractivity contribution in [1.29, 1.82) is 0 Å². The molecule has 1 aromatic carbocycles. The van der Waals surface area contributed by atoms with Crippen molar-refractivity contribution in [2.24, 2.45) is 5.92 Å². The Balaban J connectivity index is 1.65. The minimum atomic E-state index is 0.143. The molecular formula is C16H21NO2. The molecule has 1 amide bonds. The van der Waals surface area contributed by atoms with E-state index in [0.29, 0.717) is 13.2 Å². The van der Waals surface area contributed by atoms with Gasteiger partial charge in [0.25, 0.3) is 0 Å². The van der Waals surface area contributed by atoms with Crippen molar-refractivity contribution in [1.82, 2.24) is 5.32 Å². The number of hydrogen-bond donors (Lipinski definition) is 1. The monoisotopic (exact) mass is 259 g/mol. The number of aryl methyl sites for hydroxylation is 1. The molecule has 2 rings (SSSR count). The zero-order chi connectivity index (χ0) is 13.5. The summed E-state index contributed by atoms with van der Waals surface area (Å²) >= 11 is 0. The molecule has 0 saturated carbocycles. The van der Waals surface area contributed by atoms with E-state index in [2.05, 4.69) is 17.5 Å². The fourth-order valence-electron chi connectivity index (χ4n) is 2.15. The lowest BCUT2D eigenvalue weighted by Gasteiger charge is -2.17. The molecule has 1 aliphatic carbocycles. The van der Waals surface area contributed by atoms with Crippen LogP contribution in [0.3, 0.4) is 0 Å². The average molecular weight is 259 g/mol. The molecule has 1 N–H and O–H groups in total. The van der Waals surface area contributed by atoms with Gasteiger partial charge >= 0.3 is 0 Å². The van der Waals surface area contributed by atoms with Gasteiger partial charge in [0.15, 0.2) is 0 Å². The van der Waals surface area contributed by atoms with Crippen LogP contribution < -0.4 is 10.1 Å². The SMILES string of the molecule is Cc1ccc(OCCNC(=O)C2CC=CCC2)cc1. The maximum atomic E-state index is 11.9. The predicted octanol–water partition coefficient (Wildman–Crippen LogP) is 2.85. The van der Waals surface area contributed by atoms with Crippen LogP contribution in [0, 0.1) is 12.8 Å². The number of nitrogens with one attached hydrogen (secondary N) is 1. The smallest absolute Gasteiger partial charge is 0.223 e. The lowest BCUT2D eigenvalue weighted by Crippen LogP contribution is -2.34. The Labute approximate surface area is 114 Å². The average Bonchev–Trinajstić information content (AvgIpc) is 2.46. The summed E-state index contributed by atoms with van der Waals surface area (Å²) in [5, 5.41) is 2.94. The van der Waals surface area contributed by atoms with Gasteiger partial charge in [-0.1, -0.05) is 29.8 Å². The highest BCUT2D eigenvalue weighted by atomic mass is 16.5. The third kappa shape index (κ3) is 4.43. The second kappa shape index (κ2) is 6.98. The summed E-state index contributed by atoms with van der Waals surface area (Å²) in [6, 6.07) is 7.93. The third-order valence-electron chi connectivity index (χ3n) is 3.33. The number of carbonyl (C=O) groups excluding carboxylic acids is 1. The van der Waals surface area contributed by atoms with Gasteiger partial charge in [-0.3, -0.25) is 4.79 Å². The van der Waals surface area contributed by atoms with Gasteiger partial charge in [0.1, 0.15) is 12.4 Å². The van der Waals surface area contributed by atoms with Crippen molar-refractivity contribution in [3.63, 3.8) is 0 Å². The van der Waals surface area contributed by atoms with E-state index in [1.54, 1.807) is 0 Å². The molecule has 1 unspecified atom stereocenters. The van der Waals surface area contributed by atoms with Crippen LogP contribution in [0.5, 0.6) is 5.75 Å². The lowest BCUT2D eigenvalue weighted by molar-refractivity contribution is -0.125. The highest BCUT2D eigenvalue weighted by Gasteiger charge is 2.17. The predicted molar refractivity (Wildman–Crippen MR) is 76.2 cm³/mol. The summed E-state index contributed by atoms with van der Waals surface area (Å²) in [7, 11) is 0. The highest BCUT2D eigenvalue weighted by Crippen LogP contribution is 2.17. The van der Waals surface area contributed by atoms with Crippen LogP contribution in [0.25, 0.3) is 0 Å². The van der Waals surface area contributed by atoms with Gasteiger partial charge in [-0.2, -0.15) is 0 Å². The van der Waals surface area contributed by atoms with E-state index in [-0.39, 0.29) is 11.8 Å². The van der Waals surface area contributed by atoms with Gasteiger partial charge in [-0.05, 0) is 38.3 Å². The van der Waals surface area contributed by atoms with Crippen LogP contribution in [0.2, 0.25) is 0 Å². The molecule has 1 aliphatic rings. The van der Waals surface area contributed by atoms with Crippen molar-refractivity contribution in [2.75, 3.05) is 13.2 Å². The van der Waals surface area contributed by atoms with Crippen LogP contribution in [-0.4, -0.2) is 19.1 Å². The fourth-order valence-corrected chi connectivity index (χ4v) is 2.15. The Morgan fingerprint density at radius 2 is 2.11 bits per heavy atom. The summed E-state index contributed by atoms with van der Waals surface area (Å²) in [4.78, 5) is 11.9. The first kappa shape index (κ1) is 13.7. The maximum Gasteiger partial charge on any atom is 0.223 e. The molecule has 3 nitrogen and oxygen atoms in total. The van der Waals surface area contributed by atoms with Crippen LogP contribution in [0.15, 0.2) is 36.4 Å². The molecule has 19 heavy (non-hydrogen) atoms. The van der Waals surface area contributed by atoms with E-state index in [9.17, 15) is 4.79 Å². The number of benzene rings is 1. The first-order valence-corrected chi connectivity index (χ1v) is 6.88. The number of allylic oxidation sites excluding steroid dienone is 2. The number of ether oxygens (including phenoxy) is 1. The minimum Gasteiger partial charge on any atom is -0.492 e. The van der Waals surface area contributed by atoms with Crippen LogP contribution in [0.1, 0.15) is 24.8 Å². The van der Waals surface area contributed by atoms with Crippen molar-refractivity contribution in [3.8, 4) is 5.75 Å². The summed E-state index contributed by atoms with van der Waals surface area (Å²) < 4.78 is 5.57. The molecule has 1 aromatic rings. The maximum absolute atomic E-state index is 11.9. The van der Waals surface area contributed by atoms with Gasteiger partial charge in [0.05, 0.1) is 6.54 Å². The van der Waals surface area contributed by atoms with Crippen molar-refractivity contribution >= 4 is 5.91 Å². The largest absolute Gasteiger partial charge is 0.492 e. The molecular weight excluding hydrogens is 238 g/mol. The highest BCUT2D eigenvalue weighted by molar-refractivity contribution is 5.78. The van der Waals surface area contributed by atoms with Gasteiger partial charge in [-0.15, -0.1) is 0 Å². The molecule has 0 saturated heterocycles. The Bertz CT molecular complexity index is 437. The molecule has 0 aromatic heterocycles. The molecule has 3 heteroatoms.